The Balaban J connectivity index is 1.35. The fourth-order valence-corrected chi connectivity index (χ4v) is 4.07. The maximum atomic E-state index is 12.2. The number of benzene rings is 3. The number of hydrogen-bond donors (Lipinski definition) is 0. The maximum absolute atomic E-state index is 12.2. The number of ether oxygens (including phenoxy) is 3. The van der Waals surface area contributed by atoms with Crippen molar-refractivity contribution in [2.75, 3.05) is 19.8 Å². The van der Waals surface area contributed by atoms with Crippen LogP contribution in [-0.4, -0.2) is 36.5 Å². The first-order valence-electron chi connectivity index (χ1n) is 13.4. The van der Waals surface area contributed by atoms with E-state index in [1.807, 2.05) is 66.4 Å². The molecule has 0 aliphatic heterocycles. The number of carbonyl (C=O) groups excluding carboxylic acids is 2. The Kier molecular flexibility index (Phi) is 12.2. The van der Waals surface area contributed by atoms with Crippen LogP contribution in [0.15, 0.2) is 78.9 Å². The van der Waals surface area contributed by atoms with Crippen molar-refractivity contribution in [3.8, 4) is 11.5 Å². The Hall–Kier alpha value is -3.80. The van der Waals surface area contributed by atoms with E-state index in [2.05, 4.69) is 24.3 Å². The van der Waals surface area contributed by atoms with Crippen molar-refractivity contribution < 1.29 is 23.8 Å². The van der Waals surface area contributed by atoms with E-state index < -0.39 is 0 Å². The van der Waals surface area contributed by atoms with E-state index in [-0.39, 0.29) is 24.9 Å². The van der Waals surface area contributed by atoms with Gasteiger partial charge in [-0.25, -0.2) is 0 Å². The first-order chi connectivity index (χ1) is 18.5. The molecule has 0 unspecified atom stereocenters. The molecule has 202 valence electrons. The molecule has 0 spiro atoms. The average Bonchev–Trinajstić information content (AvgIpc) is 2.93. The molecule has 0 bridgehead atoms. The molecule has 0 saturated carbocycles. The minimum atomic E-state index is -0.249. The predicted octanol–water partition coefficient (Wildman–Crippen LogP) is 6.36. The lowest BCUT2D eigenvalue weighted by atomic mass is 10.1. The highest BCUT2D eigenvalue weighted by Gasteiger charge is 2.10. The summed E-state index contributed by atoms with van der Waals surface area (Å²) in [5.74, 6) is 1.36. The smallest absolute Gasteiger partial charge is 0.306 e. The zero-order chi connectivity index (χ0) is 27.0. The molecule has 0 heterocycles. The molecule has 0 aromatic heterocycles. The summed E-state index contributed by atoms with van der Waals surface area (Å²) in [6, 6.07) is 25.8. The van der Waals surface area contributed by atoms with Crippen molar-refractivity contribution in [3.63, 3.8) is 0 Å². The Morgan fingerprint density at radius 1 is 0.763 bits per heavy atom. The minimum absolute atomic E-state index is 0.0692. The Bertz CT molecular complexity index is 1110. The average molecular weight is 518 g/mol. The van der Waals surface area contributed by atoms with E-state index in [1.54, 1.807) is 6.92 Å². The zero-order valence-electron chi connectivity index (χ0n) is 22.6. The number of aryl methyl sites for hydroxylation is 1. The van der Waals surface area contributed by atoms with Crippen LogP contribution >= 0.6 is 0 Å². The van der Waals surface area contributed by atoms with Gasteiger partial charge in [0.15, 0.2) is 0 Å². The minimum Gasteiger partial charge on any atom is -0.494 e. The fraction of sp³-hybridized carbons (Fsp3) is 0.375. The molecular formula is C32H39NO5. The van der Waals surface area contributed by atoms with Crippen LogP contribution in [0.1, 0.15) is 56.2 Å². The topological polar surface area (TPSA) is 65.1 Å². The molecule has 0 N–H and O–H groups in total. The third-order valence-corrected chi connectivity index (χ3v) is 6.13. The second-order valence-electron chi connectivity index (χ2n) is 9.22. The van der Waals surface area contributed by atoms with E-state index >= 15 is 0 Å². The van der Waals surface area contributed by atoms with Crippen LogP contribution in [-0.2, 0) is 33.9 Å². The highest BCUT2D eigenvalue weighted by atomic mass is 16.5. The quantitative estimate of drug-likeness (QED) is 0.163. The summed E-state index contributed by atoms with van der Waals surface area (Å²) in [5.41, 5.74) is 3.27. The van der Waals surface area contributed by atoms with E-state index in [4.69, 9.17) is 14.2 Å². The molecule has 1 amide bonds. The van der Waals surface area contributed by atoms with Crippen LogP contribution in [0.25, 0.3) is 0 Å². The number of nitrogens with zero attached hydrogens (tertiary/aromatic N) is 1. The van der Waals surface area contributed by atoms with Gasteiger partial charge in [-0.3, -0.25) is 9.59 Å². The van der Waals surface area contributed by atoms with Crippen molar-refractivity contribution in [1.29, 1.82) is 0 Å². The highest BCUT2D eigenvalue weighted by molar-refractivity contribution is 5.73. The van der Waals surface area contributed by atoms with Crippen molar-refractivity contribution >= 4 is 11.9 Å². The van der Waals surface area contributed by atoms with Crippen LogP contribution in [0.2, 0.25) is 0 Å². The lowest BCUT2D eigenvalue weighted by Crippen LogP contribution is -2.29. The van der Waals surface area contributed by atoms with Gasteiger partial charge in [-0.2, -0.15) is 0 Å². The summed E-state index contributed by atoms with van der Waals surface area (Å²) in [7, 11) is 0. The van der Waals surface area contributed by atoms with Gasteiger partial charge in [0.25, 0.3) is 0 Å². The first-order valence-corrected chi connectivity index (χ1v) is 13.4. The van der Waals surface area contributed by atoms with Gasteiger partial charge in [0, 0.05) is 26.4 Å². The fourth-order valence-electron chi connectivity index (χ4n) is 4.07. The van der Waals surface area contributed by atoms with Crippen molar-refractivity contribution in [1.82, 2.24) is 4.90 Å². The summed E-state index contributed by atoms with van der Waals surface area (Å²) in [4.78, 5) is 26.2. The van der Waals surface area contributed by atoms with Gasteiger partial charge in [-0.15, -0.1) is 0 Å². The summed E-state index contributed by atoms with van der Waals surface area (Å²) < 4.78 is 16.6. The summed E-state index contributed by atoms with van der Waals surface area (Å²) in [5, 5.41) is 0. The molecule has 3 aromatic carbocycles. The van der Waals surface area contributed by atoms with Crippen LogP contribution in [0, 0.1) is 0 Å². The molecule has 6 heteroatoms. The van der Waals surface area contributed by atoms with Crippen molar-refractivity contribution in [2.24, 2.45) is 0 Å². The van der Waals surface area contributed by atoms with E-state index in [9.17, 15) is 9.59 Å². The largest absolute Gasteiger partial charge is 0.494 e. The standard InChI is InChI=1S/C32H39NO5/c1-3-36-30-19-17-28(18-20-30)25-38-32(35)16-10-22-37-31-15-9-14-29(23-31)24-33(26(2)34)21-8-7-13-27-11-5-4-6-12-27/h4-6,9,11-12,14-15,17-20,23H,3,7-8,10,13,16,21-22,24-25H2,1-2H3. The van der Waals surface area contributed by atoms with E-state index in [0.29, 0.717) is 26.2 Å². The Labute approximate surface area is 226 Å². The summed E-state index contributed by atoms with van der Waals surface area (Å²) in [6.45, 7) is 6.11. The molecule has 0 aliphatic carbocycles. The van der Waals surface area contributed by atoms with Crippen LogP contribution in [0.4, 0.5) is 0 Å². The molecule has 3 rings (SSSR count). The number of amides is 1. The van der Waals surface area contributed by atoms with Crippen LogP contribution < -0.4 is 9.47 Å². The number of rotatable bonds is 16. The second kappa shape index (κ2) is 16.1. The van der Waals surface area contributed by atoms with Crippen LogP contribution in [0.3, 0.4) is 0 Å². The summed E-state index contributed by atoms with van der Waals surface area (Å²) in [6.07, 6.45) is 3.87. The highest BCUT2D eigenvalue weighted by Crippen LogP contribution is 2.17. The predicted molar refractivity (Wildman–Crippen MR) is 149 cm³/mol. The van der Waals surface area contributed by atoms with E-state index in [1.165, 1.54) is 5.56 Å². The number of carbonyl (C=O) groups is 2. The van der Waals surface area contributed by atoms with Crippen LogP contribution in [0.5, 0.6) is 11.5 Å². The molecule has 0 radical (unpaired) electrons. The molecule has 0 fully saturated rings. The summed E-state index contributed by atoms with van der Waals surface area (Å²) >= 11 is 0. The van der Waals surface area contributed by atoms with Gasteiger partial charge < -0.3 is 19.1 Å². The normalized spacial score (nSPS) is 10.6. The third-order valence-electron chi connectivity index (χ3n) is 6.13. The lowest BCUT2D eigenvalue weighted by Gasteiger charge is -2.21. The van der Waals surface area contributed by atoms with Crippen molar-refractivity contribution in [3.05, 3.63) is 95.6 Å². The van der Waals surface area contributed by atoms with Gasteiger partial charge in [0.1, 0.15) is 18.1 Å². The third kappa shape index (κ3) is 10.7. The lowest BCUT2D eigenvalue weighted by molar-refractivity contribution is -0.145. The molecule has 3 aromatic rings. The Morgan fingerprint density at radius 2 is 1.53 bits per heavy atom. The molecular weight excluding hydrogens is 478 g/mol. The number of hydrogen-bond acceptors (Lipinski definition) is 5. The van der Waals surface area contributed by atoms with Crippen molar-refractivity contribution in [2.45, 2.75) is 59.1 Å². The van der Waals surface area contributed by atoms with Gasteiger partial charge in [-0.1, -0.05) is 54.6 Å². The number of unbranched alkanes of at least 4 members (excludes halogenated alkanes) is 1. The van der Waals surface area contributed by atoms with Gasteiger partial charge in [0.05, 0.1) is 13.2 Å². The van der Waals surface area contributed by atoms with Gasteiger partial charge in [-0.05, 0) is 73.6 Å². The maximum Gasteiger partial charge on any atom is 0.306 e. The van der Waals surface area contributed by atoms with Gasteiger partial charge >= 0.3 is 5.97 Å². The number of esters is 1. The molecule has 0 atom stereocenters. The molecule has 0 saturated heterocycles. The monoisotopic (exact) mass is 517 g/mol. The first kappa shape index (κ1) is 28.8. The van der Waals surface area contributed by atoms with E-state index in [0.717, 1.165) is 48.4 Å². The SMILES string of the molecule is CCOc1ccc(COC(=O)CCCOc2cccc(CN(CCCCc3ccccc3)C(C)=O)c2)cc1. The Morgan fingerprint density at radius 3 is 2.26 bits per heavy atom. The molecule has 0 aliphatic rings. The zero-order valence-corrected chi connectivity index (χ0v) is 22.6. The van der Waals surface area contributed by atoms with Gasteiger partial charge in [0.2, 0.25) is 5.91 Å². The molecule has 38 heavy (non-hydrogen) atoms. The second-order valence-corrected chi connectivity index (χ2v) is 9.22. The molecule has 6 nitrogen and oxygen atoms in total.